The second-order valence-electron chi connectivity index (χ2n) is 2.53. The third-order valence-electron chi connectivity index (χ3n) is 1.46. The fraction of sp³-hybridized carbons (Fsp3) is 0.222. The molecule has 0 aromatic heterocycles. The number of ether oxygens (including phenoxy) is 1. The zero-order valence-corrected chi connectivity index (χ0v) is 7.04. The Bertz CT molecular complexity index is 326. The average molecular weight is 204 g/mol. The first-order valence-electron chi connectivity index (χ1n) is 3.76. The van der Waals surface area contributed by atoms with Gasteiger partial charge in [0.1, 0.15) is 5.75 Å². The monoisotopic (exact) mass is 204 g/mol. The van der Waals surface area contributed by atoms with Crippen molar-refractivity contribution < 1.29 is 22.7 Å². The SMILES string of the molecule is O=Cc1ccccc1OC(F)(F)CF. The highest BCUT2D eigenvalue weighted by atomic mass is 19.3. The van der Waals surface area contributed by atoms with Crippen molar-refractivity contribution in [3.8, 4) is 5.75 Å². The van der Waals surface area contributed by atoms with Crippen molar-refractivity contribution in [1.29, 1.82) is 0 Å². The van der Waals surface area contributed by atoms with Crippen molar-refractivity contribution in [1.82, 2.24) is 0 Å². The van der Waals surface area contributed by atoms with E-state index in [0.29, 0.717) is 6.29 Å². The molecule has 2 nitrogen and oxygen atoms in total. The van der Waals surface area contributed by atoms with E-state index < -0.39 is 12.8 Å². The Morgan fingerprint density at radius 1 is 1.36 bits per heavy atom. The summed E-state index contributed by atoms with van der Waals surface area (Å²) in [5, 5.41) is 0. The van der Waals surface area contributed by atoms with Crippen LogP contribution in [0.15, 0.2) is 24.3 Å². The van der Waals surface area contributed by atoms with Crippen LogP contribution >= 0.6 is 0 Å². The van der Waals surface area contributed by atoms with Crippen LogP contribution in [-0.2, 0) is 0 Å². The molecule has 0 aliphatic rings. The first kappa shape index (κ1) is 10.6. The molecule has 0 aliphatic carbocycles. The molecule has 0 saturated carbocycles. The molecule has 0 fully saturated rings. The lowest BCUT2D eigenvalue weighted by Crippen LogP contribution is -2.27. The summed E-state index contributed by atoms with van der Waals surface area (Å²) >= 11 is 0. The summed E-state index contributed by atoms with van der Waals surface area (Å²) in [6.07, 6.45) is -3.53. The van der Waals surface area contributed by atoms with E-state index in [-0.39, 0.29) is 11.3 Å². The van der Waals surface area contributed by atoms with Crippen LogP contribution in [0.3, 0.4) is 0 Å². The Kier molecular flexibility index (Phi) is 3.11. The first-order chi connectivity index (χ1) is 6.59. The number of rotatable bonds is 4. The lowest BCUT2D eigenvalue weighted by atomic mass is 10.2. The summed E-state index contributed by atoms with van der Waals surface area (Å²) in [5.74, 6) is -0.329. The number of benzene rings is 1. The molecule has 0 bridgehead atoms. The highest BCUT2D eigenvalue weighted by Crippen LogP contribution is 2.24. The van der Waals surface area contributed by atoms with E-state index in [4.69, 9.17) is 0 Å². The zero-order valence-electron chi connectivity index (χ0n) is 7.04. The van der Waals surface area contributed by atoms with Gasteiger partial charge in [0, 0.05) is 0 Å². The maximum absolute atomic E-state index is 12.4. The molecule has 0 atom stereocenters. The van der Waals surface area contributed by atoms with Gasteiger partial charge in [0.25, 0.3) is 0 Å². The molecular formula is C9H7F3O2. The molecule has 0 aliphatic heterocycles. The van der Waals surface area contributed by atoms with Gasteiger partial charge < -0.3 is 4.74 Å². The first-order valence-corrected chi connectivity index (χ1v) is 3.76. The van der Waals surface area contributed by atoms with Crippen molar-refractivity contribution in [3.63, 3.8) is 0 Å². The van der Waals surface area contributed by atoms with Gasteiger partial charge >= 0.3 is 6.11 Å². The Balaban J connectivity index is 2.91. The molecule has 76 valence electrons. The quantitative estimate of drug-likeness (QED) is 0.704. The van der Waals surface area contributed by atoms with Crippen molar-refractivity contribution >= 4 is 6.29 Å². The zero-order chi connectivity index (χ0) is 10.6. The van der Waals surface area contributed by atoms with Crippen molar-refractivity contribution in [2.24, 2.45) is 0 Å². The number of para-hydroxylation sites is 1. The highest BCUT2D eigenvalue weighted by molar-refractivity contribution is 5.79. The molecule has 0 unspecified atom stereocenters. The number of halogens is 3. The molecule has 0 amide bonds. The molecule has 0 spiro atoms. The molecule has 1 aromatic rings. The number of carbonyl (C=O) groups excluding carboxylic acids is 1. The largest absolute Gasteiger partial charge is 0.430 e. The standard InChI is InChI=1S/C9H7F3O2/c10-6-9(11,12)14-8-4-2-1-3-7(8)5-13/h1-5H,6H2. The van der Waals surface area contributed by atoms with Crippen LogP contribution in [-0.4, -0.2) is 19.1 Å². The smallest absolute Gasteiger partial charge is 0.427 e. The van der Waals surface area contributed by atoms with Crippen LogP contribution in [0.2, 0.25) is 0 Å². The summed E-state index contributed by atoms with van der Waals surface area (Å²) in [6.45, 7) is -1.93. The van der Waals surface area contributed by atoms with E-state index in [1.165, 1.54) is 24.3 Å². The second kappa shape index (κ2) is 4.13. The molecule has 0 radical (unpaired) electrons. The van der Waals surface area contributed by atoms with Crippen molar-refractivity contribution in [2.45, 2.75) is 6.11 Å². The van der Waals surface area contributed by atoms with Crippen LogP contribution in [0, 0.1) is 0 Å². The molecule has 1 aromatic carbocycles. The van der Waals surface area contributed by atoms with Gasteiger partial charge in [-0.25, -0.2) is 4.39 Å². The van der Waals surface area contributed by atoms with Gasteiger partial charge in [0.15, 0.2) is 13.0 Å². The van der Waals surface area contributed by atoms with E-state index in [1.807, 2.05) is 0 Å². The van der Waals surface area contributed by atoms with E-state index in [2.05, 4.69) is 4.74 Å². The fourth-order valence-corrected chi connectivity index (χ4v) is 0.859. The minimum absolute atomic E-state index is 0.0411. The average Bonchev–Trinajstić information content (AvgIpc) is 2.18. The minimum atomic E-state index is -3.89. The summed E-state index contributed by atoms with van der Waals surface area (Å²) in [7, 11) is 0. The topological polar surface area (TPSA) is 26.3 Å². The van der Waals surface area contributed by atoms with E-state index >= 15 is 0 Å². The number of hydrogen-bond acceptors (Lipinski definition) is 2. The highest BCUT2D eigenvalue weighted by Gasteiger charge is 2.32. The number of carbonyl (C=O) groups is 1. The summed E-state index contributed by atoms with van der Waals surface area (Å²) in [5.41, 5.74) is -0.0411. The van der Waals surface area contributed by atoms with Gasteiger partial charge in [0.05, 0.1) is 5.56 Å². The van der Waals surface area contributed by atoms with Gasteiger partial charge in [-0.3, -0.25) is 4.79 Å². The van der Waals surface area contributed by atoms with Crippen LogP contribution in [0.4, 0.5) is 13.2 Å². The van der Waals surface area contributed by atoms with Gasteiger partial charge in [-0.1, -0.05) is 12.1 Å². The molecule has 14 heavy (non-hydrogen) atoms. The normalized spacial score (nSPS) is 11.1. The third-order valence-corrected chi connectivity index (χ3v) is 1.46. The lowest BCUT2D eigenvalue weighted by molar-refractivity contribution is -0.186. The van der Waals surface area contributed by atoms with Crippen molar-refractivity contribution in [3.05, 3.63) is 29.8 Å². The van der Waals surface area contributed by atoms with Gasteiger partial charge in [-0.2, -0.15) is 8.78 Å². The third kappa shape index (κ3) is 2.48. The Labute approximate surface area is 78.3 Å². The maximum Gasteiger partial charge on any atom is 0.427 e. The van der Waals surface area contributed by atoms with Crippen molar-refractivity contribution in [2.75, 3.05) is 6.67 Å². The Morgan fingerprint density at radius 3 is 2.57 bits per heavy atom. The fourth-order valence-electron chi connectivity index (χ4n) is 0.859. The van der Waals surface area contributed by atoms with E-state index in [1.54, 1.807) is 0 Å². The summed E-state index contributed by atoms with van der Waals surface area (Å²) < 4.78 is 40.6. The lowest BCUT2D eigenvalue weighted by Gasteiger charge is -2.15. The summed E-state index contributed by atoms with van der Waals surface area (Å²) in [4.78, 5) is 10.4. The molecule has 0 N–H and O–H groups in total. The number of aldehydes is 1. The van der Waals surface area contributed by atoms with Crippen LogP contribution in [0.1, 0.15) is 10.4 Å². The van der Waals surface area contributed by atoms with Crippen LogP contribution < -0.4 is 4.74 Å². The number of alkyl halides is 3. The van der Waals surface area contributed by atoms with Gasteiger partial charge in [-0.05, 0) is 12.1 Å². The molecular weight excluding hydrogens is 197 g/mol. The summed E-state index contributed by atoms with van der Waals surface area (Å²) in [6, 6.07) is 5.38. The Morgan fingerprint density at radius 2 is 2.00 bits per heavy atom. The number of hydrogen-bond donors (Lipinski definition) is 0. The predicted molar refractivity (Wildman–Crippen MR) is 43.4 cm³/mol. The van der Waals surface area contributed by atoms with Crippen LogP contribution in [0.5, 0.6) is 5.75 Å². The molecule has 1 rings (SSSR count). The van der Waals surface area contributed by atoms with E-state index in [9.17, 15) is 18.0 Å². The van der Waals surface area contributed by atoms with Gasteiger partial charge in [-0.15, -0.1) is 0 Å². The predicted octanol–water partition coefficient (Wildman–Crippen LogP) is 2.44. The molecule has 5 heteroatoms. The Hall–Kier alpha value is -1.52. The van der Waals surface area contributed by atoms with Crippen LogP contribution in [0.25, 0.3) is 0 Å². The second-order valence-corrected chi connectivity index (χ2v) is 2.53. The minimum Gasteiger partial charge on any atom is -0.430 e. The van der Waals surface area contributed by atoms with E-state index in [0.717, 1.165) is 0 Å². The molecule has 0 saturated heterocycles. The van der Waals surface area contributed by atoms with Gasteiger partial charge in [0.2, 0.25) is 0 Å². The molecule has 0 heterocycles. The maximum atomic E-state index is 12.4.